The lowest BCUT2D eigenvalue weighted by Crippen LogP contribution is -2.00. The molecule has 43 heavy (non-hydrogen) atoms. The number of fused-ring (bicyclic) bond motifs is 15. The van der Waals surface area contributed by atoms with Crippen LogP contribution in [0.2, 0.25) is 0 Å². The van der Waals surface area contributed by atoms with Gasteiger partial charge in [-0.2, -0.15) is 0 Å². The Bertz CT molecular complexity index is 2710. The summed E-state index contributed by atoms with van der Waals surface area (Å²) in [4.78, 5) is 9.55. The third kappa shape index (κ3) is 2.85. The van der Waals surface area contributed by atoms with E-state index < -0.39 is 0 Å². The monoisotopic (exact) mass is 549 g/mol. The smallest absolute Gasteiger partial charge is 0.145 e. The maximum atomic E-state index is 4.88. The van der Waals surface area contributed by atoms with E-state index in [2.05, 4.69) is 140 Å². The molecule has 0 saturated carbocycles. The van der Waals surface area contributed by atoms with Crippen LogP contribution in [0, 0.1) is 0 Å². The first-order valence-corrected chi connectivity index (χ1v) is 14.5. The van der Waals surface area contributed by atoms with Crippen LogP contribution in [-0.4, -0.2) is 23.5 Å². The maximum absolute atomic E-state index is 4.88. The van der Waals surface area contributed by atoms with Crippen LogP contribution >= 0.6 is 0 Å². The fraction of sp³-hybridized carbons (Fsp3) is 0. The van der Waals surface area contributed by atoms with Crippen LogP contribution in [-0.2, 0) is 0 Å². The predicted molar refractivity (Wildman–Crippen MR) is 177 cm³/mol. The van der Waals surface area contributed by atoms with Crippen LogP contribution in [0.1, 0.15) is 0 Å². The second-order valence-corrected chi connectivity index (χ2v) is 11.1. The van der Waals surface area contributed by atoms with Gasteiger partial charge in [-0.3, -0.25) is 9.38 Å². The SMILES string of the molecule is c1ccc(-n2c3ccccc3c3c4c5ccccc5n(-c5ccccc5)c4c4c(c5cnccc5c5nccn54)c32)cc1. The van der Waals surface area contributed by atoms with E-state index in [0.717, 1.165) is 38.7 Å². The Balaban J connectivity index is 1.66. The lowest BCUT2D eigenvalue weighted by Gasteiger charge is -2.16. The summed E-state index contributed by atoms with van der Waals surface area (Å²) in [6, 6.07) is 41.1. The molecule has 0 aliphatic rings. The minimum Gasteiger partial charge on any atom is -0.309 e. The molecule has 0 atom stereocenters. The van der Waals surface area contributed by atoms with E-state index in [-0.39, 0.29) is 0 Å². The molecule has 0 aliphatic heterocycles. The maximum Gasteiger partial charge on any atom is 0.145 e. The molecule has 0 N–H and O–H groups in total. The van der Waals surface area contributed by atoms with Gasteiger partial charge >= 0.3 is 0 Å². The van der Waals surface area contributed by atoms with Crippen molar-refractivity contribution in [3.63, 3.8) is 0 Å². The van der Waals surface area contributed by atoms with Gasteiger partial charge in [0.05, 0.1) is 27.6 Å². The summed E-state index contributed by atoms with van der Waals surface area (Å²) in [5.41, 5.74) is 9.00. The van der Waals surface area contributed by atoms with Crippen LogP contribution in [0.25, 0.3) is 82.3 Å². The third-order valence-electron chi connectivity index (χ3n) is 8.94. The van der Waals surface area contributed by atoms with Crippen molar-refractivity contribution in [3.8, 4) is 11.4 Å². The number of aromatic nitrogens is 5. The standard InChI is InChI=1S/C38H23N5/c1-3-11-24(12-4-1)42-30-17-9-7-15-27(30)32-33-28-16-8-10-18-31(28)43(25-13-5-2-6-14-25)37(33)36-34(35(32)42)29-23-39-20-19-26(29)38-40-21-22-41(36)38/h1-23H. The molecule has 0 bridgehead atoms. The molecule has 10 aromatic rings. The van der Waals surface area contributed by atoms with Crippen molar-refractivity contribution in [2.75, 3.05) is 0 Å². The van der Waals surface area contributed by atoms with Crippen molar-refractivity contribution in [3.05, 3.63) is 140 Å². The molecule has 0 fully saturated rings. The van der Waals surface area contributed by atoms with Crippen molar-refractivity contribution >= 4 is 70.9 Å². The molecule has 0 spiro atoms. The number of benzene rings is 5. The van der Waals surface area contributed by atoms with Crippen LogP contribution < -0.4 is 0 Å². The van der Waals surface area contributed by atoms with Gasteiger partial charge < -0.3 is 9.13 Å². The highest BCUT2D eigenvalue weighted by Gasteiger charge is 2.27. The second kappa shape index (κ2) is 8.30. The van der Waals surface area contributed by atoms with E-state index in [4.69, 9.17) is 4.98 Å². The fourth-order valence-corrected chi connectivity index (χ4v) is 7.33. The molecule has 0 saturated heterocycles. The van der Waals surface area contributed by atoms with Gasteiger partial charge in [0.25, 0.3) is 0 Å². The summed E-state index contributed by atoms with van der Waals surface area (Å²) in [7, 11) is 0. The van der Waals surface area contributed by atoms with Crippen molar-refractivity contribution in [2.24, 2.45) is 0 Å². The number of hydrogen-bond donors (Lipinski definition) is 0. The van der Waals surface area contributed by atoms with E-state index >= 15 is 0 Å². The Morgan fingerprint density at radius 3 is 1.70 bits per heavy atom. The Morgan fingerprint density at radius 2 is 1.02 bits per heavy atom. The van der Waals surface area contributed by atoms with Crippen molar-refractivity contribution < 1.29 is 0 Å². The lowest BCUT2D eigenvalue weighted by atomic mass is 9.99. The molecule has 0 aliphatic carbocycles. The number of rotatable bonds is 2. The molecule has 5 nitrogen and oxygen atoms in total. The van der Waals surface area contributed by atoms with Gasteiger partial charge in [0.1, 0.15) is 5.65 Å². The Kier molecular flexibility index (Phi) is 4.39. The van der Waals surface area contributed by atoms with Crippen molar-refractivity contribution in [2.45, 2.75) is 0 Å². The average molecular weight is 550 g/mol. The Hall–Kier alpha value is -5.94. The fourth-order valence-electron chi connectivity index (χ4n) is 7.33. The van der Waals surface area contributed by atoms with E-state index in [1.165, 1.54) is 43.6 Å². The number of hydrogen-bond acceptors (Lipinski definition) is 2. The molecule has 0 radical (unpaired) electrons. The number of nitrogens with zero attached hydrogens (tertiary/aromatic N) is 5. The first kappa shape index (κ1) is 22.7. The van der Waals surface area contributed by atoms with Crippen LogP contribution in [0.3, 0.4) is 0 Å². The third-order valence-corrected chi connectivity index (χ3v) is 8.94. The topological polar surface area (TPSA) is 40.0 Å². The van der Waals surface area contributed by atoms with Gasteiger partial charge in [0, 0.05) is 73.9 Å². The molecule has 0 unspecified atom stereocenters. The highest BCUT2D eigenvalue weighted by molar-refractivity contribution is 6.40. The van der Waals surface area contributed by atoms with Gasteiger partial charge in [-0.25, -0.2) is 4.98 Å². The molecule has 5 aromatic heterocycles. The number of pyridine rings is 2. The van der Waals surface area contributed by atoms with Crippen LogP contribution in [0.4, 0.5) is 0 Å². The minimum absolute atomic E-state index is 0.929. The van der Waals surface area contributed by atoms with Gasteiger partial charge in [-0.15, -0.1) is 0 Å². The zero-order chi connectivity index (χ0) is 28.1. The normalized spacial score (nSPS) is 12.2. The van der Waals surface area contributed by atoms with E-state index in [0.29, 0.717) is 0 Å². The molecule has 10 rings (SSSR count). The zero-order valence-electron chi connectivity index (χ0n) is 23.0. The minimum atomic E-state index is 0.929. The van der Waals surface area contributed by atoms with Crippen LogP contribution in [0.15, 0.2) is 140 Å². The van der Waals surface area contributed by atoms with Crippen molar-refractivity contribution in [1.82, 2.24) is 23.5 Å². The molecule has 200 valence electrons. The average Bonchev–Trinajstić information content (AvgIpc) is 3.78. The second-order valence-electron chi connectivity index (χ2n) is 11.1. The Labute approximate surface area is 245 Å². The molecule has 5 heterocycles. The molecule has 5 aromatic carbocycles. The Morgan fingerprint density at radius 1 is 0.442 bits per heavy atom. The highest BCUT2D eigenvalue weighted by atomic mass is 15.1. The highest BCUT2D eigenvalue weighted by Crippen LogP contribution is 2.48. The molecular weight excluding hydrogens is 526 g/mol. The summed E-state index contributed by atoms with van der Waals surface area (Å²) in [5.74, 6) is 0. The first-order chi connectivity index (χ1) is 21.4. The summed E-state index contributed by atoms with van der Waals surface area (Å²) in [6.45, 7) is 0. The van der Waals surface area contributed by atoms with Gasteiger partial charge in [-0.05, 0) is 42.5 Å². The summed E-state index contributed by atoms with van der Waals surface area (Å²) < 4.78 is 7.16. The largest absolute Gasteiger partial charge is 0.309 e. The summed E-state index contributed by atoms with van der Waals surface area (Å²) in [5, 5.41) is 8.28. The van der Waals surface area contributed by atoms with Crippen LogP contribution in [0.5, 0.6) is 0 Å². The first-order valence-electron chi connectivity index (χ1n) is 14.5. The molecular formula is C38H23N5. The van der Waals surface area contributed by atoms with E-state index in [1.54, 1.807) is 0 Å². The quantitative estimate of drug-likeness (QED) is 0.202. The number of imidazole rings is 1. The van der Waals surface area contributed by atoms with E-state index in [9.17, 15) is 0 Å². The number of para-hydroxylation sites is 4. The molecule has 0 amide bonds. The zero-order valence-corrected chi connectivity index (χ0v) is 23.0. The predicted octanol–water partition coefficient (Wildman–Crippen LogP) is 9.23. The van der Waals surface area contributed by atoms with E-state index in [1.807, 2.05) is 18.6 Å². The molecule has 5 heteroatoms. The van der Waals surface area contributed by atoms with Crippen molar-refractivity contribution in [1.29, 1.82) is 0 Å². The lowest BCUT2D eigenvalue weighted by molar-refractivity contribution is 1.17. The van der Waals surface area contributed by atoms with Gasteiger partial charge in [0.15, 0.2) is 0 Å². The van der Waals surface area contributed by atoms with Gasteiger partial charge in [0.2, 0.25) is 0 Å². The summed E-state index contributed by atoms with van der Waals surface area (Å²) in [6.07, 6.45) is 7.89. The van der Waals surface area contributed by atoms with Gasteiger partial charge in [-0.1, -0.05) is 72.8 Å². The summed E-state index contributed by atoms with van der Waals surface area (Å²) >= 11 is 0.